The first kappa shape index (κ1) is 6.86. The molecule has 0 aromatic heterocycles. The van der Waals surface area contributed by atoms with Crippen LogP contribution in [-0.2, 0) is 4.79 Å². The van der Waals surface area contributed by atoms with Gasteiger partial charge in [-0.3, -0.25) is 0 Å². The molecular formula is C4H6BrNO. The minimum atomic E-state index is 0.0671. The van der Waals surface area contributed by atoms with Crippen molar-refractivity contribution in [3.63, 3.8) is 0 Å². The molecule has 0 aliphatic heterocycles. The summed E-state index contributed by atoms with van der Waals surface area (Å²) in [5.74, 6) is 0. The van der Waals surface area contributed by atoms with Gasteiger partial charge < -0.3 is 0 Å². The number of alkyl halides is 1. The Bertz CT molecular complexity index is 87.7. The maximum absolute atomic E-state index is 9.46. The van der Waals surface area contributed by atoms with Crippen molar-refractivity contribution in [2.45, 2.75) is 13.0 Å². The van der Waals surface area contributed by atoms with E-state index in [0.717, 1.165) is 5.33 Å². The van der Waals surface area contributed by atoms with Crippen LogP contribution >= 0.6 is 15.9 Å². The highest BCUT2D eigenvalue weighted by Crippen LogP contribution is 1.91. The SMILES string of the molecule is C[C@H](CBr)N=C=O. The first-order valence-corrected chi connectivity index (χ1v) is 3.06. The van der Waals surface area contributed by atoms with Crippen LogP contribution in [0.25, 0.3) is 0 Å². The van der Waals surface area contributed by atoms with Gasteiger partial charge in [0.05, 0.1) is 6.04 Å². The first-order chi connectivity index (χ1) is 3.31. The number of hydrogen-bond donors (Lipinski definition) is 0. The number of carbonyl (C=O) groups excluding carboxylic acids is 1. The van der Waals surface area contributed by atoms with Gasteiger partial charge in [-0.1, -0.05) is 15.9 Å². The second kappa shape index (κ2) is 4.03. The Kier molecular flexibility index (Phi) is 3.95. The average Bonchev–Trinajstić information content (AvgIpc) is 1.68. The van der Waals surface area contributed by atoms with Gasteiger partial charge in [0.1, 0.15) is 0 Å². The maximum Gasteiger partial charge on any atom is 0.235 e. The highest BCUT2D eigenvalue weighted by atomic mass is 79.9. The summed E-state index contributed by atoms with van der Waals surface area (Å²) in [6, 6.07) is 0.0671. The molecule has 3 heteroatoms. The summed E-state index contributed by atoms with van der Waals surface area (Å²) in [5.41, 5.74) is 0. The molecule has 0 bridgehead atoms. The second-order valence-corrected chi connectivity index (χ2v) is 1.87. The molecule has 1 atom stereocenters. The topological polar surface area (TPSA) is 29.4 Å². The van der Waals surface area contributed by atoms with E-state index >= 15 is 0 Å². The van der Waals surface area contributed by atoms with Gasteiger partial charge in [0.15, 0.2) is 0 Å². The summed E-state index contributed by atoms with van der Waals surface area (Å²) in [6.07, 6.45) is 1.46. The Morgan fingerprint density at radius 2 is 2.57 bits per heavy atom. The van der Waals surface area contributed by atoms with Gasteiger partial charge in [-0.15, -0.1) is 0 Å². The van der Waals surface area contributed by atoms with Gasteiger partial charge in [0, 0.05) is 5.33 Å². The minimum absolute atomic E-state index is 0.0671. The number of rotatable bonds is 2. The molecule has 0 aromatic carbocycles. The van der Waals surface area contributed by atoms with Crippen molar-refractivity contribution in [1.82, 2.24) is 0 Å². The number of aliphatic imine (C=N–C) groups is 1. The molecule has 0 aromatic rings. The summed E-state index contributed by atoms with van der Waals surface area (Å²) in [6.45, 7) is 1.83. The van der Waals surface area contributed by atoms with Crippen molar-refractivity contribution < 1.29 is 4.79 Å². The lowest BCUT2D eigenvalue weighted by molar-refractivity contribution is 0.560. The molecule has 0 heterocycles. The average molecular weight is 164 g/mol. The van der Waals surface area contributed by atoms with Crippen LogP contribution in [0.2, 0.25) is 0 Å². The summed E-state index contributed by atoms with van der Waals surface area (Å²) >= 11 is 3.14. The van der Waals surface area contributed by atoms with Crippen molar-refractivity contribution in [3.8, 4) is 0 Å². The van der Waals surface area contributed by atoms with E-state index < -0.39 is 0 Å². The zero-order valence-electron chi connectivity index (χ0n) is 4.02. The number of isocyanates is 1. The first-order valence-electron chi connectivity index (χ1n) is 1.94. The van der Waals surface area contributed by atoms with Crippen LogP contribution in [0.3, 0.4) is 0 Å². The molecule has 0 rings (SSSR count). The predicted molar refractivity (Wildman–Crippen MR) is 31.4 cm³/mol. The summed E-state index contributed by atoms with van der Waals surface area (Å²) in [4.78, 5) is 12.9. The Labute approximate surface area is 50.8 Å². The van der Waals surface area contributed by atoms with E-state index in [2.05, 4.69) is 20.9 Å². The van der Waals surface area contributed by atoms with E-state index in [4.69, 9.17) is 0 Å². The molecule has 0 aliphatic rings. The Morgan fingerprint density at radius 3 is 2.71 bits per heavy atom. The molecule has 7 heavy (non-hydrogen) atoms. The molecule has 2 nitrogen and oxygen atoms in total. The van der Waals surface area contributed by atoms with Crippen LogP contribution in [0.5, 0.6) is 0 Å². The fraction of sp³-hybridized carbons (Fsp3) is 0.750. The highest BCUT2D eigenvalue weighted by molar-refractivity contribution is 9.09. The van der Waals surface area contributed by atoms with Crippen LogP contribution in [0.1, 0.15) is 6.92 Å². The van der Waals surface area contributed by atoms with Gasteiger partial charge in [-0.2, -0.15) is 0 Å². The van der Waals surface area contributed by atoms with E-state index in [-0.39, 0.29) is 6.04 Å². The molecule has 0 aliphatic carbocycles. The molecule has 0 fully saturated rings. The lowest BCUT2D eigenvalue weighted by atomic mass is 10.4. The zero-order valence-corrected chi connectivity index (χ0v) is 5.60. The standard InChI is InChI=1S/C4H6BrNO/c1-4(2-5)6-3-7/h4H,2H2,1H3/t4-/m1/s1. The molecule has 40 valence electrons. The Hall–Kier alpha value is -0.140. The van der Waals surface area contributed by atoms with Gasteiger partial charge in [-0.25, -0.2) is 9.79 Å². The molecule has 0 N–H and O–H groups in total. The van der Waals surface area contributed by atoms with E-state index in [9.17, 15) is 4.79 Å². The van der Waals surface area contributed by atoms with E-state index in [1.807, 2.05) is 6.92 Å². The largest absolute Gasteiger partial charge is 0.235 e. The molecule has 0 saturated heterocycles. The lowest BCUT2D eigenvalue weighted by Crippen LogP contribution is -1.96. The lowest BCUT2D eigenvalue weighted by Gasteiger charge is -1.90. The van der Waals surface area contributed by atoms with Crippen molar-refractivity contribution in [2.75, 3.05) is 5.33 Å². The van der Waals surface area contributed by atoms with E-state index in [0.29, 0.717) is 0 Å². The third-order valence-corrected chi connectivity index (χ3v) is 1.43. The molecule has 0 radical (unpaired) electrons. The van der Waals surface area contributed by atoms with E-state index in [1.54, 1.807) is 0 Å². The maximum atomic E-state index is 9.46. The zero-order chi connectivity index (χ0) is 5.70. The van der Waals surface area contributed by atoms with Crippen LogP contribution < -0.4 is 0 Å². The second-order valence-electron chi connectivity index (χ2n) is 1.22. The number of nitrogens with zero attached hydrogens (tertiary/aromatic N) is 1. The Morgan fingerprint density at radius 1 is 2.00 bits per heavy atom. The van der Waals surface area contributed by atoms with Gasteiger partial charge in [-0.05, 0) is 6.92 Å². The highest BCUT2D eigenvalue weighted by Gasteiger charge is 1.90. The number of halogens is 1. The van der Waals surface area contributed by atoms with Crippen molar-refractivity contribution in [2.24, 2.45) is 4.99 Å². The molecule has 0 saturated carbocycles. The van der Waals surface area contributed by atoms with Crippen LogP contribution in [0.15, 0.2) is 4.99 Å². The predicted octanol–water partition coefficient (Wildman–Crippen LogP) is 1.11. The summed E-state index contributed by atoms with van der Waals surface area (Å²) < 4.78 is 0. The molecule has 0 spiro atoms. The summed E-state index contributed by atoms with van der Waals surface area (Å²) in [7, 11) is 0. The quantitative estimate of drug-likeness (QED) is 0.341. The minimum Gasteiger partial charge on any atom is -0.211 e. The molecular weight excluding hydrogens is 158 g/mol. The summed E-state index contributed by atoms with van der Waals surface area (Å²) in [5, 5.41) is 0.724. The van der Waals surface area contributed by atoms with Crippen molar-refractivity contribution in [1.29, 1.82) is 0 Å². The van der Waals surface area contributed by atoms with Gasteiger partial charge >= 0.3 is 0 Å². The number of hydrogen-bond acceptors (Lipinski definition) is 2. The fourth-order valence-electron chi connectivity index (χ4n) is 0.124. The third kappa shape index (κ3) is 3.70. The van der Waals surface area contributed by atoms with Crippen LogP contribution in [-0.4, -0.2) is 17.5 Å². The van der Waals surface area contributed by atoms with Crippen molar-refractivity contribution in [3.05, 3.63) is 0 Å². The van der Waals surface area contributed by atoms with E-state index in [1.165, 1.54) is 6.08 Å². The van der Waals surface area contributed by atoms with Crippen LogP contribution in [0, 0.1) is 0 Å². The Balaban J connectivity index is 3.35. The monoisotopic (exact) mass is 163 g/mol. The normalized spacial score (nSPS) is 12.3. The van der Waals surface area contributed by atoms with Crippen molar-refractivity contribution >= 4 is 22.0 Å². The van der Waals surface area contributed by atoms with Crippen LogP contribution in [0.4, 0.5) is 0 Å². The van der Waals surface area contributed by atoms with Gasteiger partial charge in [0.25, 0.3) is 0 Å². The fourth-order valence-corrected chi connectivity index (χ4v) is 0.269. The third-order valence-electron chi connectivity index (χ3n) is 0.496. The smallest absolute Gasteiger partial charge is 0.211 e. The molecule has 0 unspecified atom stereocenters. The van der Waals surface area contributed by atoms with Gasteiger partial charge in [0.2, 0.25) is 6.08 Å². The molecule has 0 amide bonds.